The van der Waals surface area contributed by atoms with E-state index in [2.05, 4.69) is 12.0 Å². The summed E-state index contributed by atoms with van der Waals surface area (Å²) in [5.74, 6) is 0.672. The fourth-order valence-corrected chi connectivity index (χ4v) is 5.56. The minimum atomic E-state index is -0.238. The largest absolute Gasteiger partial charge is 0.339 e. The first kappa shape index (κ1) is 21.7. The van der Waals surface area contributed by atoms with Crippen LogP contribution >= 0.6 is 11.8 Å². The van der Waals surface area contributed by atoms with E-state index in [-0.39, 0.29) is 29.8 Å². The molecule has 2 amide bonds. The lowest BCUT2D eigenvalue weighted by molar-refractivity contribution is -0.138. The molecule has 33 heavy (non-hydrogen) atoms. The molecular formula is C23H26N6O3S. The predicted molar refractivity (Wildman–Crippen MR) is 126 cm³/mol. The number of piperazine rings is 1. The Labute approximate surface area is 195 Å². The summed E-state index contributed by atoms with van der Waals surface area (Å²) in [4.78, 5) is 46.1. The van der Waals surface area contributed by atoms with E-state index in [0.29, 0.717) is 48.1 Å². The fraction of sp³-hybridized carbons (Fsp3) is 0.435. The van der Waals surface area contributed by atoms with Crippen molar-refractivity contribution in [3.8, 4) is 5.69 Å². The monoisotopic (exact) mass is 466 g/mol. The normalized spacial score (nSPS) is 18.1. The molecule has 1 unspecified atom stereocenters. The van der Waals surface area contributed by atoms with Crippen molar-refractivity contribution in [3.63, 3.8) is 0 Å². The maximum atomic E-state index is 13.4. The molecule has 9 nitrogen and oxygen atoms in total. The highest BCUT2D eigenvalue weighted by molar-refractivity contribution is 7.99. The third kappa shape index (κ3) is 3.82. The second-order valence-corrected chi connectivity index (χ2v) is 9.67. The number of aromatic nitrogens is 4. The summed E-state index contributed by atoms with van der Waals surface area (Å²) in [6.07, 6.45) is 1.81. The van der Waals surface area contributed by atoms with E-state index < -0.39 is 0 Å². The summed E-state index contributed by atoms with van der Waals surface area (Å²) in [5, 5.41) is 5.52. The molecule has 5 rings (SSSR count). The van der Waals surface area contributed by atoms with Gasteiger partial charge in [-0.3, -0.25) is 19.0 Å². The van der Waals surface area contributed by atoms with Crippen LogP contribution in [0.15, 0.2) is 34.3 Å². The molecule has 2 aliphatic heterocycles. The van der Waals surface area contributed by atoms with Crippen LogP contribution in [0.2, 0.25) is 0 Å². The van der Waals surface area contributed by atoms with Crippen molar-refractivity contribution in [2.24, 2.45) is 0 Å². The lowest BCUT2D eigenvalue weighted by Crippen LogP contribution is -2.50. The van der Waals surface area contributed by atoms with Crippen molar-refractivity contribution in [2.45, 2.75) is 38.4 Å². The molecule has 2 aliphatic rings. The first-order chi connectivity index (χ1) is 15.8. The number of hydrogen-bond acceptors (Lipinski definition) is 6. The van der Waals surface area contributed by atoms with Crippen molar-refractivity contribution in [1.82, 2.24) is 29.1 Å². The maximum Gasteiger partial charge on any atom is 0.265 e. The van der Waals surface area contributed by atoms with Gasteiger partial charge in [0.15, 0.2) is 10.8 Å². The summed E-state index contributed by atoms with van der Waals surface area (Å²) in [6.45, 7) is 7.81. The minimum Gasteiger partial charge on any atom is -0.339 e. The maximum absolute atomic E-state index is 13.4. The number of nitrogens with zero attached hydrogens (tertiary/aromatic N) is 6. The molecule has 0 aliphatic carbocycles. The van der Waals surface area contributed by atoms with Gasteiger partial charge in [0.1, 0.15) is 5.39 Å². The van der Waals surface area contributed by atoms with Crippen LogP contribution in [-0.4, -0.2) is 72.9 Å². The molecule has 2 aromatic heterocycles. The second kappa shape index (κ2) is 8.33. The van der Waals surface area contributed by atoms with E-state index in [0.717, 1.165) is 11.3 Å². The van der Waals surface area contributed by atoms with Crippen LogP contribution in [0.4, 0.5) is 0 Å². The number of aryl methyl sites for hydroxylation is 2. The number of amides is 2. The third-order valence-corrected chi connectivity index (χ3v) is 7.69. The molecule has 0 bridgehead atoms. The van der Waals surface area contributed by atoms with Crippen LogP contribution in [0.3, 0.4) is 0 Å². The first-order valence-corrected chi connectivity index (χ1v) is 12.1. The SMILES string of the molecule is CC(=O)N1CCN(C(=O)CC2CSc3nc4c(cnn4-c4ccc(C)c(C)c4)c(=O)n32)CC1. The Morgan fingerprint density at radius 2 is 1.82 bits per heavy atom. The molecule has 1 fully saturated rings. The van der Waals surface area contributed by atoms with Gasteiger partial charge in [-0.15, -0.1) is 0 Å². The van der Waals surface area contributed by atoms with Crippen LogP contribution in [0.25, 0.3) is 16.7 Å². The van der Waals surface area contributed by atoms with Crippen molar-refractivity contribution in [3.05, 3.63) is 45.9 Å². The van der Waals surface area contributed by atoms with E-state index in [9.17, 15) is 14.4 Å². The standard InChI is InChI=1S/C23H26N6O3S/c1-14-4-5-17(10-15(14)2)29-21-19(12-24-29)22(32)28-18(13-33-23(28)25-21)11-20(31)27-8-6-26(7-9-27)16(3)30/h4-5,10,12,18H,6-9,11,13H2,1-3H3. The summed E-state index contributed by atoms with van der Waals surface area (Å²) in [5.41, 5.74) is 3.58. The molecule has 0 radical (unpaired) electrons. The molecular weight excluding hydrogens is 440 g/mol. The Balaban J connectivity index is 1.40. The fourth-order valence-electron chi connectivity index (χ4n) is 4.43. The molecule has 0 saturated carbocycles. The number of fused-ring (bicyclic) bond motifs is 2. The van der Waals surface area contributed by atoms with E-state index in [4.69, 9.17) is 4.98 Å². The lowest BCUT2D eigenvalue weighted by Gasteiger charge is -2.34. The van der Waals surface area contributed by atoms with Crippen molar-refractivity contribution >= 4 is 34.6 Å². The van der Waals surface area contributed by atoms with Crippen LogP contribution in [0, 0.1) is 13.8 Å². The van der Waals surface area contributed by atoms with Crippen LogP contribution in [-0.2, 0) is 9.59 Å². The Bertz CT molecular complexity index is 1320. The Morgan fingerprint density at radius 1 is 1.09 bits per heavy atom. The zero-order valence-corrected chi connectivity index (χ0v) is 19.8. The van der Waals surface area contributed by atoms with E-state index >= 15 is 0 Å². The minimum absolute atomic E-state index is 0.00877. The topological polar surface area (TPSA) is 93.3 Å². The highest BCUT2D eigenvalue weighted by Gasteiger charge is 2.32. The molecule has 1 saturated heterocycles. The first-order valence-electron chi connectivity index (χ1n) is 11.1. The van der Waals surface area contributed by atoms with Crippen molar-refractivity contribution < 1.29 is 9.59 Å². The number of hydrogen-bond donors (Lipinski definition) is 0. The predicted octanol–water partition coefficient (Wildman–Crippen LogP) is 1.93. The molecule has 4 heterocycles. The van der Waals surface area contributed by atoms with Crippen LogP contribution in [0.1, 0.15) is 30.5 Å². The van der Waals surface area contributed by atoms with Gasteiger partial charge in [-0.25, -0.2) is 9.67 Å². The average molecular weight is 467 g/mol. The van der Waals surface area contributed by atoms with Gasteiger partial charge in [-0.2, -0.15) is 5.10 Å². The number of benzene rings is 1. The summed E-state index contributed by atoms with van der Waals surface area (Å²) < 4.78 is 3.36. The average Bonchev–Trinajstić information content (AvgIpc) is 3.41. The zero-order chi connectivity index (χ0) is 23.3. The lowest BCUT2D eigenvalue weighted by atomic mass is 10.1. The summed E-state index contributed by atoms with van der Waals surface area (Å²) >= 11 is 1.50. The number of thioether (sulfide) groups is 1. The van der Waals surface area contributed by atoms with Gasteiger partial charge in [0.25, 0.3) is 5.56 Å². The quantitative estimate of drug-likeness (QED) is 0.548. The highest BCUT2D eigenvalue weighted by atomic mass is 32.2. The molecule has 172 valence electrons. The Kier molecular flexibility index (Phi) is 5.48. The smallest absolute Gasteiger partial charge is 0.265 e. The van der Waals surface area contributed by atoms with Gasteiger partial charge in [0, 0.05) is 45.3 Å². The Morgan fingerprint density at radius 3 is 2.52 bits per heavy atom. The zero-order valence-electron chi connectivity index (χ0n) is 18.9. The van der Waals surface area contributed by atoms with Crippen molar-refractivity contribution in [1.29, 1.82) is 0 Å². The highest BCUT2D eigenvalue weighted by Crippen LogP contribution is 2.34. The van der Waals surface area contributed by atoms with Gasteiger partial charge in [0.2, 0.25) is 11.8 Å². The van der Waals surface area contributed by atoms with E-state index in [1.54, 1.807) is 32.2 Å². The van der Waals surface area contributed by atoms with Crippen LogP contribution in [0.5, 0.6) is 0 Å². The Hall–Kier alpha value is -3.14. The number of carbonyl (C=O) groups excluding carboxylic acids is 2. The number of carbonyl (C=O) groups is 2. The second-order valence-electron chi connectivity index (χ2n) is 8.69. The van der Waals surface area contributed by atoms with Gasteiger partial charge in [-0.05, 0) is 37.1 Å². The van der Waals surface area contributed by atoms with E-state index in [1.165, 1.54) is 17.3 Å². The van der Waals surface area contributed by atoms with E-state index in [1.807, 2.05) is 25.1 Å². The number of rotatable bonds is 3. The molecule has 1 aromatic carbocycles. The van der Waals surface area contributed by atoms with Gasteiger partial charge < -0.3 is 9.80 Å². The summed E-state index contributed by atoms with van der Waals surface area (Å²) in [6, 6.07) is 5.80. The van der Waals surface area contributed by atoms with Crippen LogP contribution < -0.4 is 5.56 Å². The molecule has 10 heteroatoms. The van der Waals surface area contributed by atoms with Gasteiger partial charge in [-0.1, -0.05) is 17.8 Å². The van der Waals surface area contributed by atoms with Gasteiger partial charge in [0.05, 0.1) is 17.9 Å². The third-order valence-electron chi connectivity index (χ3n) is 6.59. The molecule has 0 N–H and O–H groups in total. The van der Waals surface area contributed by atoms with Crippen molar-refractivity contribution in [2.75, 3.05) is 31.9 Å². The molecule has 1 atom stereocenters. The van der Waals surface area contributed by atoms with Gasteiger partial charge >= 0.3 is 0 Å². The molecule has 3 aromatic rings. The summed E-state index contributed by atoms with van der Waals surface area (Å²) in [7, 11) is 0. The molecule has 0 spiro atoms.